The van der Waals surface area contributed by atoms with Crippen molar-refractivity contribution in [2.75, 3.05) is 0 Å². The van der Waals surface area contributed by atoms with Crippen LogP contribution >= 0.6 is 0 Å². The third kappa shape index (κ3) is 2.50. The molecule has 2 aliphatic heterocycles. The fourth-order valence-electron chi connectivity index (χ4n) is 3.55. The van der Waals surface area contributed by atoms with E-state index in [1.807, 2.05) is 6.08 Å². The van der Waals surface area contributed by atoms with Gasteiger partial charge in [-0.2, -0.15) is 0 Å². The molecule has 1 aromatic rings. The predicted octanol–water partition coefficient (Wildman–Crippen LogP) is 5.79. The van der Waals surface area contributed by atoms with Crippen molar-refractivity contribution in [2.24, 2.45) is 0 Å². The molecular weight excluding hydrogens is 284 g/mol. The average Bonchev–Trinajstić information content (AvgIpc) is 2.50. The highest BCUT2D eigenvalue weighted by Gasteiger charge is 2.30. The molecule has 0 aromatic heterocycles. The van der Waals surface area contributed by atoms with Gasteiger partial charge in [-0.3, -0.25) is 0 Å². The summed E-state index contributed by atoms with van der Waals surface area (Å²) in [7, 11) is 0. The first-order chi connectivity index (χ1) is 11.0. The summed E-state index contributed by atoms with van der Waals surface area (Å²) < 4.78 is 12.4. The number of allylic oxidation sites excluding steroid dienone is 1. The molecule has 0 bridgehead atoms. The standard InChI is InChI=1S/C21H26O2/c1-7-9-16-11-13(4)22-21-18-10-12(3)15(6)23-20(18)17(8-2)14(5)19(16)21/h8,10-11,13,15H,2,7,9H2,1,3-6H3/t13?,15-/m0/s1. The summed E-state index contributed by atoms with van der Waals surface area (Å²) >= 11 is 0. The summed E-state index contributed by atoms with van der Waals surface area (Å²) in [6, 6.07) is 0. The van der Waals surface area contributed by atoms with Crippen molar-refractivity contribution in [3.63, 3.8) is 0 Å². The van der Waals surface area contributed by atoms with E-state index in [1.165, 1.54) is 22.3 Å². The first-order valence-electron chi connectivity index (χ1n) is 8.53. The molecule has 0 amide bonds. The van der Waals surface area contributed by atoms with Crippen LogP contribution in [0.15, 0.2) is 18.2 Å². The normalized spacial score (nSPS) is 22.1. The zero-order valence-corrected chi connectivity index (χ0v) is 14.8. The summed E-state index contributed by atoms with van der Waals surface area (Å²) in [4.78, 5) is 0. The van der Waals surface area contributed by atoms with E-state index in [4.69, 9.17) is 9.47 Å². The van der Waals surface area contributed by atoms with Crippen LogP contribution in [0.5, 0.6) is 11.5 Å². The second-order valence-corrected chi connectivity index (χ2v) is 6.60. The van der Waals surface area contributed by atoms with E-state index in [9.17, 15) is 0 Å². The van der Waals surface area contributed by atoms with Crippen LogP contribution < -0.4 is 9.47 Å². The number of hydrogen-bond donors (Lipinski definition) is 0. The fourth-order valence-corrected chi connectivity index (χ4v) is 3.55. The molecule has 0 aliphatic carbocycles. The molecule has 0 saturated heterocycles. The van der Waals surface area contributed by atoms with Crippen LogP contribution in [0, 0.1) is 6.92 Å². The fraction of sp³-hybridized carbons (Fsp3) is 0.429. The Labute approximate surface area is 139 Å². The summed E-state index contributed by atoms with van der Waals surface area (Å²) in [5.74, 6) is 1.90. The Morgan fingerprint density at radius 3 is 2.57 bits per heavy atom. The van der Waals surface area contributed by atoms with Gasteiger partial charge in [0.2, 0.25) is 0 Å². The van der Waals surface area contributed by atoms with Crippen LogP contribution in [-0.4, -0.2) is 12.2 Å². The number of benzene rings is 1. The average molecular weight is 310 g/mol. The smallest absolute Gasteiger partial charge is 0.138 e. The molecular formula is C21H26O2. The van der Waals surface area contributed by atoms with Crippen LogP contribution in [0.1, 0.15) is 62.8 Å². The maximum atomic E-state index is 6.24. The lowest BCUT2D eigenvalue weighted by atomic mass is 9.86. The van der Waals surface area contributed by atoms with Crippen molar-refractivity contribution >= 4 is 17.7 Å². The molecule has 0 fully saturated rings. The Hall–Kier alpha value is -1.96. The molecule has 2 heteroatoms. The van der Waals surface area contributed by atoms with Gasteiger partial charge in [0.15, 0.2) is 0 Å². The molecule has 2 nitrogen and oxygen atoms in total. The summed E-state index contributed by atoms with van der Waals surface area (Å²) in [6.45, 7) is 14.7. The second kappa shape index (κ2) is 5.92. The highest BCUT2D eigenvalue weighted by molar-refractivity contribution is 5.87. The van der Waals surface area contributed by atoms with Gasteiger partial charge in [-0.15, -0.1) is 0 Å². The lowest BCUT2D eigenvalue weighted by Gasteiger charge is -2.32. The summed E-state index contributed by atoms with van der Waals surface area (Å²) in [5, 5.41) is 0. The molecule has 1 aromatic carbocycles. The Kier molecular flexibility index (Phi) is 4.09. The van der Waals surface area contributed by atoms with E-state index in [0.717, 1.165) is 35.5 Å². The minimum absolute atomic E-state index is 0.0883. The quantitative estimate of drug-likeness (QED) is 0.704. The number of ether oxygens (including phenoxy) is 2. The number of hydrogen-bond acceptors (Lipinski definition) is 2. The second-order valence-electron chi connectivity index (χ2n) is 6.60. The monoisotopic (exact) mass is 310 g/mol. The highest BCUT2D eigenvalue weighted by atomic mass is 16.5. The Morgan fingerprint density at radius 2 is 1.91 bits per heavy atom. The first kappa shape index (κ1) is 15.9. The summed E-state index contributed by atoms with van der Waals surface area (Å²) in [5.41, 5.74) is 7.22. The molecule has 2 heterocycles. The maximum absolute atomic E-state index is 6.24. The van der Waals surface area contributed by atoms with Gasteiger partial charge in [-0.1, -0.05) is 26.0 Å². The van der Waals surface area contributed by atoms with Crippen molar-refractivity contribution in [1.82, 2.24) is 0 Å². The minimum atomic E-state index is 0.0883. The van der Waals surface area contributed by atoms with E-state index in [-0.39, 0.29) is 12.2 Å². The van der Waals surface area contributed by atoms with Crippen molar-refractivity contribution in [2.45, 2.75) is 59.7 Å². The van der Waals surface area contributed by atoms with Gasteiger partial charge in [0.05, 0.1) is 5.56 Å². The van der Waals surface area contributed by atoms with Crippen LogP contribution in [0.3, 0.4) is 0 Å². The van der Waals surface area contributed by atoms with E-state index in [2.05, 4.69) is 53.3 Å². The SMILES string of the molecule is C=Cc1c(C)c2c(c3c1O[C@@H](C)C(C)=C3)OC(C)C=C2CCC. The van der Waals surface area contributed by atoms with E-state index < -0.39 is 0 Å². The van der Waals surface area contributed by atoms with E-state index in [0.29, 0.717) is 0 Å². The molecule has 0 N–H and O–H groups in total. The van der Waals surface area contributed by atoms with Gasteiger partial charge in [0.1, 0.15) is 23.7 Å². The summed E-state index contributed by atoms with van der Waals surface area (Å²) in [6.07, 6.45) is 8.76. The van der Waals surface area contributed by atoms with Crippen LogP contribution in [0.4, 0.5) is 0 Å². The zero-order valence-electron chi connectivity index (χ0n) is 14.8. The largest absolute Gasteiger partial charge is 0.485 e. The molecule has 2 atom stereocenters. The van der Waals surface area contributed by atoms with Crippen molar-refractivity contribution in [1.29, 1.82) is 0 Å². The minimum Gasteiger partial charge on any atom is -0.485 e. The highest BCUT2D eigenvalue weighted by Crippen LogP contribution is 2.49. The lowest BCUT2D eigenvalue weighted by molar-refractivity contribution is 0.240. The molecule has 3 rings (SSSR count). The van der Waals surface area contributed by atoms with Crippen LogP contribution in [-0.2, 0) is 0 Å². The topological polar surface area (TPSA) is 18.5 Å². The van der Waals surface area contributed by atoms with Crippen LogP contribution in [0.2, 0.25) is 0 Å². The molecule has 122 valence electrons. The van der Waals surface area contributed by atoms with Gasteiger partial charge in [-0.25, -0.2) is 0 Å². The molecule has 23 heavy (non-hydrogen) atoms. The lowest BCUT2D eigenvalue weighted by Crippen LogP contribution is -2.22. The maximum Gasteiger partial charge on any atom is 0.138 e. The number of rotatable bonds is 3. The Balaban J connectivity index is 2.33. The zero-order chi connectivity index (χ0) is 16.7. The molecule has 1 unspecified atom stereocenters. The Morgan fingerprint density at radius 1 is 1.17 bits per heavy atom. The van der Waals surface area contributed by atoms with Gasteiger partial charge < -0.3 is 9.47 Å². The third-order valence-corrected chi connectivity index (χ3v) is 4.83. The molecule has 2 aliphatic rings. The van der Waals surface area contributed by atoms with Gasteiger partial charge in [-0.05, 0) is 63.0 Å². The molecule has 0 radical (unpaired) electrons. The van der Waals surface area contributed by atoms with Gasteiger partial charge >= 0.3 is 0 Å². The van der Waals surface area contributed by atoms with Crippen molar-refractivity contribution in [3.8, 4) is 11.5 Å². The predicted molar refractivity (Wildman–Crippen MR) is 98.0 cm³/mol. The molecule has 0 spiro atoms. The van der Waals surface area contributed by atoms with Crippen LogP contribution in [0.25, 0.3) is 17.7 Å². The Bertz CT molecular complexity index is 722. The van der Waals surface area contributed by atoms with Gasteiger partial charge in [0, 0.05) is 11.1 Å². The van der Waals surface area contributed by atoms with E-state index >= 15 is 0 Å². The van der Waals surface area contributed by atoms with Gasteiger partial charge in [0.25, 0.3) is 0 Å². The third-order valence-electron chi connectivity index (χ3n) is 4.83. The van der Waals surface area contributed by atoms with Crippen molar-refractivity contribution < 1.29 is 9.47 Å². The number of fused-ring (bicyclic) bond motifs is 3. The van der Waals surface area contributed by atoms with Crippen molar-refractivity contribution in [3.05, 3.63) is 40.5 Å². The first-order valence-corrected chi connectivity index (χ1v) is 8.53. The molecule has 0 saturated carbocycles. The van der Waals surface area contributed by atoms with E-state index in [1.54, 1.807) is 0 Å².